The average Bonchev–Trinajstić information content (AvgIpc) is 3.09. The van der Waals surface area contributed by atoms with Gasteiger partial charge in [-0.25, -0.2) is 0 Å². The van der Waals surface area contributed by atoms with Gasteiger partial charge in [-0.3, -0.25) is 9.59 Å². The average molecular weight is 343 g/mol. The molecule has 1 fully saturated rings. The van der Waals surface area contributed by atoms with E-state index in [0.29, 0.717) is 31.8 Å². The summed E-state index contributed by atoms with van der Waals surface area (Å²) in [5.74, 6) is 0.117. The number of tetrazole rings is 1. The van der Waals surface area contributed by atoms with Crippen LogP contribution in [0.1, 0.15) is 18.4 Å². The van der Waals surface area contributed by atoms with Crippen LogP contribution in [0.2, 0.25) is 0 Å². The van der Waals surface area contributed by atoms with Crippen molar-refractivity contribution in [3.63, 3.8) is 0 Å². The van der Waals surface area contributed by atoms with Crippen molar-refractivity contribution in [3.8, 4) is 11.4 Å². The van der Waals surface area contributed by atoms with Crippen LogP contribution in [0.4, 0.5) is 0 Å². The molecule has 25 heavy (non-hydrogen) atoms. The number of aromatic nitrogens is 4. The van der Waals surface area contributed by atoms with Gasteiger partial charge in [-0.2, -0.15) is 4.80 Å². The summed E-state index contributed by atoms with van der Waals surface area (Å²) in [4.78, 5) is 27.0. The summed E-state index contributed by atoms with van der Waals surface area (Å²) in [6.45, 7) is 3.10. The maximum atomic E-state index is 12.4. The van der Waals surface area contributed by atoms with Crippen LogP contribution in [0.5, 0.6) is 0 Å². The first-order valence-corrected chi connectivity index (χ1v) is 8.28. The van der Waals surface area contributed by atoms with Crippen molar-refractivity contribution >= 4 is 11.9 Å². The number of hydrogen-bond donors (Lipinski definition) is 0. The Balaban J connectivity index is 1.59. The van der Waals surface area contributed by atoms with E-state index in [9.17, 15) is 9.59 Å². The van der Waals surface area contributed by atoms with Gasteiger partial charge in [0.2, 0.25) is 11.7 Å². The fraction of sp³-hybridized carbons (Fsp3) is 0.471. The van der Waals surface area contributed by atoms with Crippen molar-refractivity contribution in [2.24, 2.45) is 5.92 Å². The molecule has 0 aliphatic carbocycles. The minimum absolute atomic E-state index is 0.0434. The van der Waals surface area contributed by atoms with Gasteiger partial charge in [-0.1, -0.05) is 24.3 Å². The molecule has 1 aliphatic heterocycles. The van der Waals surface area contributed by atoms with Crippen molar-refractivity contribution in [1.29, 1.82) is 0 Å². The third-order valence-corrected chi connectivity index (χ3v) is 4.50. The number of amides is 1. The minimum Gasteiger partial charge on any atom is -0.469 e. The molecule has 1 aromatic carbocycles. The molecular weight excluding hydrogens is 322 g/mol. The van der Waals surface area contributed by atoms with E-state index in [-0.39, 0.29) is 24.3 Å². The number of likely N-dealkylation sites (tertiary alicyclic amines) is 1. The Hall–Kier alpha value is -2.77. The van der Waals surface area contributed by atoms with E-state index in [4.69, 9.17) is 4.74 Å². The largest absolute Gasteiger partial charge is 0.469 e. The number of rotatable bonds is 4. The molecule has 8 nitrogen and oxygen atoms in total. The van der Waals surface area contributed by atoms with Gasteiger partial charge < -0.3 is 9.64 Å². The van der Waals surface area contributed by atoms with Crippen LogP contribution >= 0.6 is 0 Å². The van der Waals surface area contributed by atoms with Gasteiger partial charge in [0.05, 0.1) is 13.0 Å². The van der Waals surface area contributed by atoms with E-state index in [1.165, 1.54) is 11.9 Å². The number of esters is 1. The lowest BCUT2D eigenvalue weighted by Gasteiger charge is -2.30. The van der Waals surface area contributed by atoms with E-state index < -0.39 is 0 Å². The fourth-order valence-electron chi connectivity index (χ4n) is 2.99. The summed E-state index contributed by atoms with van der Waals surface area (Å²) < 4.78 is 4.76. The minimum atomic E-state index is -0.201. The first-order valence-electron chi connectivity index (χ1n) is 8.28. The summed E-state index contributed by atoms with van der Waals surface area (Å²) in [6.07, 6.45) is 1.25. The molecule has 0 radical (unpaired) electrons. The van der Waals surface area contributed by atoms with E-state index >= 15 is 0 Å². The summed E-state index contributed by atoms with van der Waals surface area (Å²) in [5, 5.41) is 12.3. The third kappa shape index (κ3) is 3.84. The molecule has 0 bridgehead atoms. The highest BCUT2D eigenvalue weighted by molar-refractivity contribution is 5.77. The maximum absolute atomic E-state index is 12.4. The second-order valence-electron chi connectivity index (χ2n) is 6.14. The highest BCUT2D eigenvalue weighted by Crippen LogP contribution is 2.19. The molecule has 2 heterocycles. The Morgan fingerprint density at radius 2 is 1.96 bits per heavy atom. The van der Waals surface area contributed by atoms with Crippen LogP contribution in [-0.4, -0.2) is 57.2 Å². The molecule has 2 aromatic rings. The van der Waals surface area contributed by atoms with Crippen molar-refractivity contribution in [2.45, 2.75) is 26.3 Å². The van der Waals surface area contributed by atoms with Gasteiger partial charge in [-0.15, -0.1) is 10.2 Å². The zero-order chi connectivity index (χ0) is 17.8. The fourth-order valence-corrected chi connectivity index (χ4v) is 2.99. The third-order valence-electron chi connectivity index (χ3n) is 4.50. The molecule has 3 rings (SSSR count). The Morgan fingerprint density at radius 3 is 2.64 bits per heavy atom. The van der Waals surface area contributed by atoms with E-state index in [2.05, 4.69) is 15.4 Å². The lowest BCUT2D eigenvalue weighted by Crippen LogP contribution is -2.42. The quantitative estimate of drug-likeness (QED) is 0.771. The first kappa shape index (κ1) is 17.1. The van der Waals surface area contributed by atoms with Crippen molar-refractivity contribution < 1.29 is 14.3 Å². The Bertz CT molecular complexity index is 765. The second-order valence-corrected chi connectivity index (χ2v) is 6.14. The van der Waals surface area contributed by atoms with E-state index in [0.717, 1.165) is 11.1 Å². The van der Waals surface area contributed by atoms with Crippen LogP contribution in [0, 0.1) is 12.8 Å². The van der Waals surface area contributed by atoms with Gasteiger partial charge in [0.15, 0.2) is 0 Å². The molecule has 0 spiro atoms. The number of aryl methyl sites for hydroxylation is 1. The smallest absolute Gasteiger partial charge is 0.308 e. The van der Waals surface area contributed by atoms with Gasteiger partial charge in [-0.05, 0) is 30.5 Å². The lowest BCUT2D eigenvalue weighted by atomic mass is 9.97. The zero-order valence-electron chi connectivity index (χ0n) is 14.4. The van der Waals surface area contributed by atoms with Gasteiger partial charge in [0.25, 0.3) is 0 Å². The summed E-state index contributed by atoms with van der Waals surface area (Å²) in [6, 6.07) is 7.77. The molecular formula is C17H21N5O3. The Labute approximate surface area is 145 Å². The molecule has 8 heteroatoms. The SMILES string of the molecule is COC(=O)C1CCN(C(=O)Cn2nnc(-c3ccccc3C)n2)CC1. The summed E-state index contributed by atoms with van der Waals surface area (Å²) in [5.41, 5.74) is 1.96. The van der Waals surface area contributed by atoms with Crippen molar-refractivity contribution in [2.75, 3.05) is 20.2 Å². The molecule has 0 unspecified atom stereocenters. The number of nitrogens with zero attached hydrogens (tertiary/aromatic N) is 5. The molecule has 1 amide bonds. The molecule has 1 aliphatic rings. The van der Waals surface area contributed by atoms with Crippen molar-refractivity contribution in [1.82, 2.24) is 25.1 Å². The summed E-state index contributed by atoms with van der Waals surface area (Å²) in [7, 11) is 1.39. The van der Waals surface area contributed by atoms with Gasteiger partial charge in [0, 0.05) is 18.7 Å². The number of carbonyl (C=O) groups is 2. The van der Waals surface area contributed by atoms with Crippen LogP contribution in [0.15, 0.2) is 24.3 Å². The topological polar surface area (TPSA) is 90.2 Å². The van der Waals surface area contributed by atoms with Gasteiger partial charge >= 0.3 is 5.97 Å². The predicted molar refractivity (Wildman–Crippen MR) is 89.3 cm³/mol. The molecule has 0 N–H and O–H groups in total. The second kappa shape index (κ2) is 7.42. The molecule has 1 aromatic heterocycles. The zero-order valence-corrected chi connectivity index (χ0v) is 14.4. The Kier molecular flexibility index (Phi) is 5.06. The standard InChI is InChI=1S/C17H21N5O3/c1-12-5-3-4-6-14(12)16-18-20-22(19-16)11-15(23)21-9-7-13(8-10-21)17(24)25-2/h3-6,13H,7-11H2,1-2H3. The van der Waals surface area contributed by atoms with E-state index in [1.807, 2.05) is 31.2 Å². The summed E-state index contributed by atoms with van der Waals surface area (Å²) >= 11 is 0. The Morgan fingerprint density at radius 1 is 1.24 bits per heavy atom. The number of piperidine rings is 1. The number of methoxy groups -OCH3 is 1. The first-order chi connectivity index (χ1) is 12.1. The predicted octanol–water partition coefficient (Wildman–Crippen LogP) is 1.06. The maximum Gasteiger partial charge on any atom is 0.308 e. The monoisotopic (exact) mass is 343 g/mol. The molecule has 0 atom stereocenters. The van der Waals surface area contributed by atoms with Gasteiger partial charge in [0.1, 0.15) is 6.54 Å². The number of hydrogen-bond acceptors (Lipinski definition) is 6. The number of benzene rings is 1. The van der Waals surface area contributed by atoms with E-state index in [1.54, 1.807) is 4.90 Å². The number of ether oxygens (including phenoxy) is 1. The highest BCUT2D eigenvalue weighted by Gasteiger charge is 2.28. The highest BCUT2D eigenvalue weighted by atomic mass is 16.5. The van der Waals surface area contributed by atoms with Crippen LogP contribution in [0.3, 0.4) is 0 Å². The molecule has 0 saturated carbocycles. The normalized spacial score (nSPS) is 15.2. The van der Waals surface area contributed by atoms with Crippen molar-refractivity contribution in [3.05, 3.63) is 29.8 Å². The van der Waals surface area contributed by atoms with Crippen LogP contribution in [0.25, 0.3) is 11.4 Å². The number of carbonyl (C=O) groups excluding carboxylic acids is 2. The van der Waals surface area contributed by atoms with Crippen LogP contribution < -0.4 is 0 Å². The van der Waals surface area contributed by atoms with Crippen LogP contribution in [-0.2, 0) is 20.9 Å². The lowest BCUT2D eigenvalue weighted by molar-refractivity contribution is -0.149. The molecule has 1 saturated heterocycles. The molecule has 132 valence electrons.